The lowest BCUT2D eigenvalue weighted by Gasteiger charge is -2.23. The highest BCUT2D eigenvalue weighted by atomic mass is 16.5. The molecule has 5 rings (SSSR count). The van der Waals surface area contributed by atoms with Gasteiger partial charge in [-0.05, 0) is 31.4 Å². The first-order valence-corrected chi connectivity index (χ1v) is 10.7. The number of aryl methyl sites for hydroxylation is 2. The number of ether oxygens (including phenoxy) is 1. The number of carbonyl (C=O) groups excluding carboxylic acids is 1. The maximum Gasteiger partial charge on any atom is 0.269 e. The topological polar surface area (TPSA) is 163 Å². The average Bonchev–Trinajstić information content (AvgIpc) is 3.41. The summed E-state index contributed by atoms with van der Waals surface area (Å²) < 4.78 is 7.14. The van der Waals surface area contributed by atoms with Gasteiger partial charge in [-0.3, -0.25) is 14.6 Å². The summed E-state index contributed by atoms with van der Waals surface area (Å²) in [6, 6.07) is 4.10. The van der Waals surface area contributed by atoms with Crippen molar-refractivity contribution in [3.05, 3.63) is 35.8 Å². The van der Waals surface area contributed by atoms with Crippen molar-refractivity contribution in [1.29, 1.82) is 0 Å². The van der Waals surface area contributed by atoms with Crippen molar-refractivity contribution >= 4 is 28.3 Å². The Hall–Kier alpha value is -3.99. The molecule has 3 aromatic heterocycles. The number of hydrogen-bond acceptors (Lipinski definition) is 8. The standard InChI is InChI=1S/C22H25N9O2/c1-11-3-4-15-13(9-25-29-15)16(11)18-17(23)19(20(24)32)28-21(27-18)14-10-31(2)30-22(14)26-12-5-7-33-8-6-12/h3-4,9-10,12H,5-8,23H2,1-2H3,(H2,24,32)(H,25,29)(H,26,30). The maximum atomic E-state index is 12.3. The molecule has 0 unspecified atom stereocenters. The Balaban J connectivity index is 1.69. The molecule has 1 aromatic carbocycles. The monoisotopic (exact) mass is 447 g/mol. The summed E-state index contributed by atoms with van der Waals surface area (Å²) in [5.41, 5.74) is 15.8. The Bertz CT molecular complexity index is 1350. The third kappa shape index (κ3) is 3.76. The second-order valence-electron chi connectivity index (χ2n) is 8.21. The average molecular weight is 448 g/mol. The van der Waals surface area contributed by atoms with Crippen LogP contribution in [0.25, 0.3) is 33.5 Å². The number of benzene rings is 1. The predicted molar refractivity (Wildman–Crippen MR) is 124 cm³/mol. The summed E-state index contributed by atoms with van der Waals surface area (Å²) in [5.74, 6) is 0.224. The minimum Gasteiger partial charge on any atom is -0.395 e. The zero-order valence-electron chi connectivity index (χ0n) is 18.4. The summed E-state index contributed by atoms with van der Waals surface area (Å²) in [6.45, 7) is 3.35. The SMILES string of the molecule is Cc1ccc2[nH]ncc2c1-c1nc(-c2cn(C)nc2NC2CCOCC2)nc(C(N)=O)c1N. The molecule has 11 nitrogen and oxygen atoms in total. The number of nitrogen functional groups attached to an aromatic ring is 1. The van der Waals surface area contributed by atoms with Gasteiger partial charge in [0.15, 0.2) is 17.3 Å². The summed E-state index contributed by atoms with van der Waals surface area (Å²) in [5, 5.41) is 16.0. The number of nitrogens with one attached hydrogen (secondary N) is 2. The Morgan fingerprint density at radius 2 is 2.06 bits per heavy atom. The molecule has 1 aliphatic rings. The number of nitrogens with zero attached hydrogens (tertiary/aromatic N) is 5. The van der Waals surface area contributed by atoms with Crippen LogP contribution in [-0.4, -0.2) is 55.1 Å². The van der Waals surface area contributed by atoms with E-state index >= 15 is 0 Å². The molecule has 1 fully saturated rings. The normalized spacial score (nSPS) is 14.6. The van der Waals surface area contributed by atoms with Crippen molar-refractivity contribution in [3.63, 3.8) is 0 Å². The van der Waals surface area contributed by atoms with Crippen LogP contribution in [0.1, 0.15) is 28.9 Å². The molecule has 1 aliphatic heterocycles. The van der Waals surface area contributed by atoms with Gasteiger partial charge >= 0.3 is 0 Å². The van der Waals surface area contributed by atoms with E-state index in [1.54, 1.807) is 10.9 Å². The number of hydrogen-bond donors (Lipinski definition) is 4. The van der Waals surface area contributed by atoms with Crippen molar-refractivity contribution in [2.24, 2.45) is 12.8 Å². The molecule has 170 valence electrons. The van der Waals surface area contributed by atoms with Crippen LogP contribution in [0.3, 0.4) is 0 Å². The highest BCUT2D eigenvalue weighted by Crippen LogP contribution is 2.36. The lowest BCUT2D eigenvalue weighted by molar-refractivity contribution is 0.0903. The number of amides is 1. The van der Waals surface area contributed by atoms with E-state index in [-0.39, 0.29) is 17.4 Å². The van der Waals surface area contributed by atoms with Crippen LogP contribution in [-0.2, 0) is 11.8 Å². The molecule has 0 saturated carbocycles. The van der Waals surface area contributed by atoms with Crippen LogP contribution >= 0.6 is 0 Å². The molecule has 0 aliphatic carbocycles. The third-order valence-corrected chi connectivity index (χ3v) is 5.88. The number of nitrogens with two attached hydrogens (primary N) is 2. The fraction of sp³-hybridized carbons (Fsp3) is 0.318. The third-order valence-electron chi connectivity index (χ3n) is 5.88. The van der Waals surface area contributed by atoms with Gasteiger partial charge in [-0.1, -0.05) is 6.07 Å². The highest BCUT2D eigenvalue weighted by Gasteiger charge is 2.24. The van der Waals surface area contributed by atoms with Crippen LogP contribution in [0.15, 0.2) is 24.5 Å². The zero-order valence-corrected chi connectivity index (χ0v) is 18.4. The lowest BCUT2D eigenvalue weighted by Crippen LogP contribution is -2.28. The minimum atomic E-state index is -0.725. The second-order valence-corrected chi connectivity index (χ2v) is 8.21. The molecule has 11 heteroatoms. The van der Waals surface area contributed by atoms with E-state index in [4.69, 9.17) is 21.2 Å². The van der Waals surface area contributed by atoms with Crippen LogP contribution in [0.2, 0.25) is 0 Å². The Morgan fingerprint density at radius 1 is 1.27 bits per heavy atom. The molecule has 33 heavy (non-hydrogen) atoms. The van der Waals surface area contributed by atoms with Gasteiger partial charge in [0.05, 0.1) is 28.7 Å². The van der Waals surface area contributed by atoms with E-state index in [9.17, 15) is 4.79 Å². The fourth-order valence-corrected chi connectivity index (χ4v) is 4.20. The predicted octanol–water partition coefficient (Wildman–Crippen LogP) is 2.00. The van der Waals surface area contributed by atoms with E-state index in [0.717, 1.165) is 34.9 Å². The minimum absolute atomic E-state index is 0.0317. The first-order chi connectivity index (χ1) is 15.9. The van der Waals surface area contributed by atoms with Gasteiger partial charge in [0.1, 0.15) is 0 Å². The van der Waals surface area contributed by atoms with Gasteiger partial charge in [0, 0.05) is 43.4 Å². The molecular formula is C22H25N9O2. The number of aromatic amines is 1. The molecule has 1 amide bonds. The zero-order chi connectivity index (χ0) is 23.1. The summed E-state index contributed by atoms with van der Waals surface area (Å²) >= 11 is 0. The molecule has 0 radical (unpaired) electrons. The molecule has 4 aromatic rings. The largest absolute Gasteiger partial charge is 0.395 e. The Labute approximate surface area is 189 Å². The van der Waals surface area contributed by atoms with Crippen LogP contribution in [0.4, 0.5) is 11.5 Å². The number of primary amides is 1. The smallest absolute Gasteiger partial charge is 0.269 e. The summed E-state index contributed by atoms with van der Waals surface area (Å²) in [7, 11) is 1.82. The van der Waals surface area contributed by atoms with E-state index in [1.165, 1.54) is 0 Å². The Kier molecular flexibility index (Phi) is 5.17. The van der Waals surface area contributed by atoms with Gasteiger partial charge in [0.25, 0.3) is 5.91 Å². The maximum absolute atomic E-state index is 12.3. The number of H-pyrrole nitrogens is 1. The summed E-state index contributed by atoms with van der Waals surface area (Å²) in [4.78, 5) is 21.5. The van der Waals surface area contributed by atoms with Crippen LogP contribution < -0.4 is 16.8 Å². The first kappa shape index (κ1) is 20.9. The number of rotatable bonds is 5. The van der Waals surface area contributed by atoms with Gasteiger partial charge in [-0.2, -0.15) is 10.2 Å². The van der Waals surface area contributed by atoms with Gasteiger partial charge in [-0.15, -0.1) is 0 Å². The molecular weight excluding hydrogens is 422 g/mol. The van der Waals surface area contributed by atoms with Crippen molar-refractivity contribution < 1.29 is 9.53 Å². The molecule has 4 heterocycles. The first-order valence-electron chi connectivity index (χ1n) is 10.7. The molecule has 0 atom stereocenters. The Morgan fingerprint density at radius 3 is 2.82 bits per heavy atom. The van der Waals surface area contributed by atoms with E-state index < -0.39 is 5.91 Å². The van der Waals surface area contributed by atoms with Crippen LogP contribution in [0, 0.1) is 6.92 Å². The highest BCUT2D eigenvalue weighted by molar-refractivity contribution is 6.04. The van der Waals surface area contributed by atoms with E-state index in [2.05, 4.69) is 25.6 Å². The molecule has 0 spiro atoms. The number of carbonyl (C=O) groups is 1. The lowest BCUT2D eigenvalue weighted by atomic mass is 9.99. The number of aromatic nitrogens is 6. The van der Waals surface area contributed by atoms with E-state index in [0.29, 0.717) is 36.1 Å². The molecule has 6 N–H and O–H groups in total. The number of anilines is 2. The van der Waals surface area contributed by atoms with Gasteiger partial charge < -0.3 is 21.5 Å². The number of fused-ring (bicyclic) bond motifs is 1. The van der Waals surface area contributed by atoms with Crippen LogP contribution in [0.5, 0.6) is 0 Å². The van der Waals surface area contributed by atoms with Crippen molar-refractivity contribution in [3.8, 4) is 22.6 Å². The van der Waals surface area contributed by atoms with Crippen molar-refractivity contribution in [2.75, 3.05) is 24.3 Å². The molecule has 0 bridgehead atoms. The van der Waals surface area contributed by atoms with Crippen molar-refractivity contribution in [1.82, 2.24) is 29.9 Å². The van der Waals surface area contributed by atoms with Gasteiger partial charge in [-0.25, -0.2) is 9.97 Å². The van der Waals surface area contributed by atoms with Crippen molar-refractivity contribution in [2.45, 2.75) is 25.8 Å². The second kappa shape index (κ2) is 8.17. The quantitative estimate of drug-likeness (QED) is 0.361. The summed E-state index contributed by atoms with van der Waals surface area (Å²) in [6.07, 6.45) is 5.27. The van der Waals surface area contributed by atoms with Gasteiger partial charge in [0.2, 0.25) is 0 Å². The van der Waals surface area contributed by atoms with E-state index in [1.807, 2.05) is 32.3 Å². The molecule has 1 saturated heterocycles. The fourth-order valence-electron chi connectivity index (χ4n) is 4.20.